The lowest BCUT2D eigenvalue weighted by Crippen LogP contribution is -2.24. The monoisotopic (exact) mass is 389 g/mol. The molecule has 106 valence electrons. The fourth-order valence-corrected chi connectivity index (χ4v) is 2.72. The molecule has 0 aromatic carbocycles. The Morgan fingerprint density at radius 3 is 3.00 bits per heavy atom. The number of rotatable bonds is 3. The number of allylic oxidation sites excluding steroid dienone is 1. The summed E-state index contributed by atoms with van der Waals surface area (Å²) >= 11 is 2.11. The molecule has 0 aliphatic carbocycles. The zero-order valence-corrected chi connectivity index (χ0v) is 12.7. The summed E-state index contributed by atoms with van der Waals surface area (Å²) in [5, 5.41) is 10.1. The highest BCUT2D eigenvalue weighted by molar-refractivity contribution is 14.1. The molecule has 1 aliphatic rings. The first-order chi connectivity index (χ1) is 9.67. The molecule has 3 heterocycles. The Kier molecular flexibility index (Phi) is 3.38. The fraction of sp³-hybridized carbons (Fsp3) is 0.364. The summed E-state index contributed by atoms with van der Waals surface area (Å²) in [6, 6.07) is 0. The van der Waals surface area contributed by atoms with Gasteiger partial charge in [-0.1, -0.05) is 22.6 Å². The maximum atomic E-state index is 10.1. The summed E-state index contributed by atoms with van der Waals surface area (Å²) in [5.74, 6) is 0.883. The summed E-state index contributed by atoms with van der Waals surface area (Å²) in [5.41, 5.74) is 6.78. The number of methoxy groups -OCH3 is 1. The second kappa shape index (κ2) is 5.05. The third-order valence-electron chi connectivity index (χ3n) is 3.11. The molecule has 3 N–H and O–H groups in total. The van der Waals surface area contributed by atoms with Crippen LogP contribution in [0.1, 0.15) is 6.23 Å². The number of aliphatic hydroxyl groups is 1. The first-order valence-corrected chi connectivity index (χ1v) is 7.30. The van der Waals surface area contributed by atoms with Gasteiger partial charge in [0.05, 0.1) is 4.43 Å². The van der Waals surface area contributed by atoms with Crippen LogP contribution in [0.25, 0.3) is 11.2 Å². The van der Waals surface area contributed by atoms with Gasteiger partial charge >= 0.3 is 0 Å². The van der Waals surface area contributed by atoms with Gasteiger partial charge in [0.15, 0.2) is 23.3 Å². The number of imidazole rings is 1. The van der Waals surface area contributed by atoms with Gasteiger partial charge in [-0.05, 0) is 0 Å². The van der Waals surface area contributed by atoms with Crippen LogP contribution in [-0.4, -0.2) is 42.3 Å². The van der Waals surface area contributed by atoms with E-state index in [9.17, 15) is 5.11 Å². The summed E-state index contributed by atoms with van der Waals surface area (Å²) in [4.78, 5) is 12.2. The molecule has 0 radical (unpaired) electrons. The second-order valence-electron chi connectivity index (χ2n) is 4.19. The Hall–Kier alpha value is -1.62. The van der Waals surface area contributed by atoms with E-state index in [0.29, 0.717) is 27.2 Å². The Bertz CT molecular complexity index is 686. The largest absolute Gasteiger partial charge is 0.506 e. The predicted molar refractivity (Wildman–Crippen MR) is 79.2 cm³/mol. The third kappa shape index (κ3) is 1.88. The van der Waals surface area contributed by atoms with Gasteiger partial charge in [-0.15, -0.1) is 0 Å². The second-order valence-corrected chi connectivity index (χ2v) is 4.95. The number of hydrogen-bond acceptors (Lipinski definition) is 7. The normalized spacial score (nSPS) is 22.5. The number of nitrogens with zero attached hydrogens (tertiary/aromatic N) is 4. The van der Waals surface area contributed by atoms with Crippen molar-refractivity contribution in [1.82, 2.24) is 19.5 Å². The molecule has 1 unspecified atom stereocenters. The van der Waals surface area contributed by atoms with Gasteiger partial charge in [0.25, 0.3) is 0 Å². The van der Waals surface area contributed by atoms with Gasteiger partial charge in [0.2, 0.25) is 6.23 Å². The van der Waals surface area contributed by atoms with Gasteiger partial charge in [-0.3, -0.25) is 4.57 Å². The SMILES string of the molecule is COC1C(O)=C(CI)O[C@H]1n1cnc2c(N)ncnc21. The molecule has 0 bridgehead atoms. The lowest BCUT2D eigenvalue weighted by atomic mass is 10.2. The lowest BCUT2D eigenvalue weighted by molar-refractivity contribution is -0.0280. The van der Waals surface area contributed by atoms with Crippen molar-refractivity contribution >= 4 is 39.6 Å². The number of anilines is 1. The molecular formula is C11H12IN5O3. The van der Waals surface area contributed by atoms with Crippen LogP contribution in [-0.2, 0) is 9.47 Å². The standard InChI is InChI=1S/C11H12IN5O3/c1-19-8-7(18)5(2-12)20-11(8)17-4-16-6-9(13)14-3-15-10(6)17/h3-4,8,11,18H,2H2,1H3,(H2,13,14,15)/t8?,11-/m1/s1. The number of aliphatic hydroxyl groups excluding tert-OH is 1. The number of aromatic nitrogens is 4. The van der Waals surface area contributed by atoms with Gasteiger partial charge in [0, 0.05) is 7.11 Å². The number of nitrogen functional groups attached to an aromatic ring is 1. The smallest absolute Gasteiger partial charge is 0.212 e. The van der Waals surface area contributed by atoms with Crippen LogP contribution in [0.5, 0.6) is 0 Å². The van der Waals surface area contributed by atoms with Gasteiger partial charge < -0.3 is 20.3 Å². The van der Waals surface area contributed by atoms with E-state index in [1.165, 1.54) is 13.4 Å². The van der Waals surface area contributed by atoms with Crippen molar-refractivity contribution in [1.29, 1.82) is 0 Å². The Morgan fingerprint density at radius 2 is 2.30 bits per heavy atom. The van der Waals surface area contributed by atoms with Crippen molar-refractivity contribution in [2.45, 2.75) is 12.3 Å². The number of fused-ring (bicyclic) bond motifs is 1. The van der Waals surface area contributed by atoms with E-state index in [1.807, 2.05) is 0 Å². The maximum Gasteiger partial charge on any atom is 0.212 e. The molecule has 2 aromatic heterocycles. The van der Waals surface area contributed by atoms with Gasteiger partial charge in [-0.25, -0.2) is 15.0 Å². The number of ether oxygens (including phenoxy) is 2. The van der Waals surface area contributed by atoms with E-state index in [2.05, 4.69) is 37.5 Å². The highest BCUT2D eigenvalue weighted by atomic mass is 127. The van der Waals surface area contributed by atoms with Gasteiger partial charge in [-0.2, -0.15) is 0 Å². The van der Waals surface area contributed by atoms with Crippen LogP contribution in [0, 0.1) is 0 Å². The first-order valence-electron chi connectivity index (χ1n) is 5.77. The Balaban J connectivity index is 2.06. The van der Waals surface area contributed by atoms with Crippen LogP contribution >= 0.6 is 22.6 Å². The lowest BCUT2D eigenvalue weighted by Gasteiger charge is -2.19. The molecule has 0 spiro atoms. The van der Waals surface area contributed by atoms with Crippen LogP contribution in [0.4, 0.5) is 5.82 Å². The number of halogens is 1. The molecular weight excluding hydrogens is 377 g/mol. The van der Waals surface area contributed by atoms with Crippen LogP contribution in [0.2, 0.25) is 0 Å². The van der Waals surface area contributed by atoms with Crippen molar-refractivity contribution < 1.29 is 14.6 Å². The summed E-state index contributed by atoms with van der Waals surface area (Å²) in [6.07, 6.45) is 1.74. The maximum absolute atomic E-state index is 10.1. The van der Waals surface area contributed by atoms with Crippen molar-refractivity contribution in [3.05, 3.63) is 24.2 Å². The highest BCUT2D eigenvalue weighted by Gasteiger charge is 2.39. The quantitative estimate of drug-likeness (QED) is 0.599. The average molecular weight is 389 g/mol. The molecule has 0 fully saturated rings. The molecule has 2 aromatic rings. The first kappa shape index (κ1) is 13.4. The molecule has 8 nitrogen and oxygen atoms in total. The van der Waals surface area contributed by atoms with E-state index in [4.69, 9.17) is 15.2 Å². The minimum Gasteiger partial charge on any atom is -0.506 e. The molecule has 20 heavy (non-hydrogen) atoms. The van der Waals surface area contributed by atoms with Crippen LogP contribution < -0.4 is 5.73 Å². The average Bonchev–Trinajstić information content (AvgIpc) is 3.00. The molecule has 1 aliphatic heterocycles. The van der Waals surface area contributed by atoms with E-state index in [-0.39, 0.29) is 5.76 Å². The van der Waals surface area contributed by atoms with E-state index in [1.54, 1.807) is 10.9 Å². The van der Waals surface area contributed by atoms with Crippen molar-refractivity contribution in [3.8, 4) is 0 Å². The topological polar surface area (TPSA) is 108 Å². The molecule has 0 saturated heterocycles. The molecule has 9 heteroatoms. The van der Waals surface area contributed by atoms with E-state index in [0.717, 1.165) is 0 Å². The number of alkyl halides is 1. The minimum absolute atomic E-state index is 0.0933. The van der Waals surface area contributed by atoms with Crippen molar-refractivity contribution in [3.63, 3.8) is 0 Å². The van der Waals surface area contributed by atoms with Crippen LogP contribution in [0.15, 0.2) is 24.2 Å². The zero-order valence-electron chi connectivity index (χ0n) is 10.5. The van der Waals surface area contributed by atoms with Gasteiger partial charge in [0.1, 0.15) is 23.9 Å². The molecule has 0 saturated carbocycles. The van der Waals surface area contributed by atoms with Crippen molar-refractivity contribution in [2.24, 2.45) is 0 Å². The fourth-order valence-electron chi connectivity index (χ4n) is 2.15. The Labute approximate surface area is 127 Å². The predicted octanol–water partition coefficient (Wildman–Crippen LogP) is 1.16. The Morgan fingerprint density at radius 1 is 1.50 bits per heavy atom. The minimum atomic E-state index is -0.603. The molecule has 3 rings (SSSR count). The van der Waals surface area contributed by atoms with E-state index >= 15 is 0 Å². The third-order valence-corrected chi connectivity index (χ3v) is 3.81. The molecule has 2 atom stereocenters. The molecule has 0 amide bonds. The van der Waals surface area contributed by atoms with Crippen molar-refractivity contribution in [2.75, 3.05) is 17.3 Å². The number of nitrogens with two attached hydrogens (primary N) is 1. The highest BCUT2D eigenvalue weighted by Crippen LogP contribution is 2.35. The van der Waals surface area contributed by atoms with E-state index < -0.39 is 12.3 Å². The summed E-state index contributed by atoms with van der Waals surface area (Å²) in [7, 11) is 1.51. The number of hydrogen-bond donors (Lipinski definition) is 2. The van der Waals surface area contributed by atoms with Crippen LogP contribution in [0.3, 0.4) is 0 Å². The zero-order chi connectivity index (χ0) is 14.3. The summed E-state index contributed by atoms with van der Waals surface area (Å²) < 4.78 is 13.3. The summed E-state index contributed by atoms with van der Waals surface area (Å²) in [6.45, 7) is 0.